The summed E-state index contributed by atoms with van der Waals surface area (Å²) in [6, 6.07) is 7.07. The van der Waals surface area contributed by atoms with Gasteiger partial charge in [-0.05, 0) is 29.5 Å². The van der Waals surface area contributed by atoms with Crippen molar-refractivity contribution in [2.45, 2.75) is 33.7 Å². The van der Waals surface area contributed by atoms with Crippen LogP contribution in [0.5, 0.6) is 5.75 Å². The van der Waals surface area contributed by atoms with E-state index in [9.17, 15) is 0 Å². The van der Waals surface area contributed by atoms with Gasteiger partial charge in [0.25, 0.3) is 0 Å². The van der Waals surface area contributed by atoms with Crippen molar-refractivity contribution in [3.8, 4) is 5.75 Å². The molecule has 1 saturated heterocycles. The molecule has 112 valence electrons. The van der Waals surface area contributed by atoms with Crippen molar-refractivity contribution in [1.29, 1.82) is 0 Å². The summed E-state index contributed by atoms with van der Waals surface area (Å²) in [4.78, 5) is 2.61. The van der Waals surface area contributed by atoms with E-state index in [1.807, 2.05) is 0 Å². The predicted molar refractivity (Wildman–Crippen MR) is 84.4 cm³/mol. The molecule has 1 aromatic rings. The molecule has 3 nitrogen and oxygen atoms in total. The SMILES string of the molecule is COc1ccc([C@@H](N2CCNCC2)C(C)(C)C)cc1C. The third-order valence-electron chi connectivity index (χ3n) is 4.07. The minimum absolute atomic E-state index is 0.221. The second-order valence-electron chi connectivity index (χ2n) is 6.78. The van der Waals surface area contributed by atoms with E-state index in [1.54, 1.807) is 7.11 Å². The Balaban J connectivity index is 2.33. The molecule has 1 fully saturated rings. The summed E-state index contributed by atoms with van der Waals surface area (Å²) in [6.45, 7) is 13.5. The first-order valence-corrected chi connectivity index (χ1v) is 7.53. The minimum Gasteiger partial charge on any atom is -0.496 e. The van der Waals surface area contributed by atoms with Gasteiger partial charge in [-0.25, -0.2) is 0 Å². The fourth-order valence-corrected chi connectivity index (χ4v) is 3.27. The van der Waals surface area contributed by atoms with Gasteiger partial charge in [0.2, 0.25) is 0 Å². The summed E-state index contributed by atoms with van der Waals surface area (Å²) in [5, 5.41) is 3.44. The summed E-state index contributed by atoms with van der Waals surface area (Å²) in [5.41, 5.74) is 2.84. The second-order valence-corrected chi connectivity index (χ2v) is 6.78. The molecule has 1 aromatic carbocycles. The van der Waals surface area contributed by atoms with E-state index in [-0.39, 0.29) is 5.41 Å². The summed E-state index contributed by atoms with van der Waals surface area (Å²) in [7, 11) is 1.74. The number of aryl methyl sites for hydroxylation is 1. The monoisotopic (exact) mass is 276 g/mol. The van der Waals surface area contributed by atoms with Crippen LogP contribution < -0.4 is 10.1 Å². The van der Waals surface area contributed by atoms with Crippen LogP contribution in [0.2, 0.25) is 0 Å². The molecule has 1 N–H and O–H groups in total. The Morgan fingerprint density at radius 1 is 1.20 bits per heavy atom. The molecule has 0 saturated carbocycles. The van der Waals surface area contributed by atoms with E-state index in [0.717, 1.165) is 31.9 Å². The number of piperazine rings is 1. The number of nitrogens with one attached hydrogen (secondary N) is 1. The van der Waals surface area contributed by atoms with Gasteiger partial charge in [-0.15, -0.1) is 0 Å². The first kappa shape index (κ1) is 15.3. The van der Waals surface area contributed by atoms with Gasteiger partial charge in [-0.2, -0.15) is 0 Å². The lowest BCUT2D eigenvalue weighted by Gasteiger charge is -2.42. The number of ether oxygens (including phenoxy) is 1. The van der Waals surface area contributed by atoms with Crippen molar-refractivity contribution in [2.75, 3.05) is 33.3 Å². The Kier molecular flexibility index (Phi) is 4.71. The van der Waals surface area contributed by atoms with E-state index < -0.39 is 0 Å². The van der Waals surface area contributed by atoms with Crippen molar-refractivity contribution in [1.82, 2.24) is 10.2 Å². The first-order chi connectivity index (χ1) is 9.43. The molecule has 1 heterocycles. The topological polar surface area (TPSA) is 24.5 Å². The zero-order valence-corrected chi connectivity index (χ0v) is 13.5. The molecule has 20 heavy (non-hydrogen) atoms. The number of benzene rings is 1. The molecule has 2 rings (SSSR count). The van der Waals surface area contributed by atoms with Crippen LogP contribution in [0.4, 0.5) is 0 Å². The molecule has 0 aliphatic carbocycles. The van der Waals surface area contributed by atoms with Crippen LogP contribution in [0.25, 0.3) is 0 Å². The average molecular weight is 276 g/mol. The van der Waals surface area contributed by atoms with E-state index >= 15 is 0 Å². The van der Waals surface area contributed by atoms with Crippen LogP contribution in [0.1, 0.15) is 37.9 Å². The smallest absolute Gasteiger partial charge is 0.121 e. The Hall–Kier alpha value is -1.06. The Morgan fingerprint density at radius 2 is 1.85 bits per heavy atom. The molecule has 0 spiro atoms. The molecule has 0 amide bonds. The Bertz CT molecular complexity index is 445. The lowest BCUT2D eigenvalue weighted by Crippen LogP contribution is -2.48. The fraction of sp³-hybridized carbons (Fsp3) is 0.647. The lowest BCUT2D eigenvalue weighted by molar-refractivity contribution is 0.0861. The highest BCUT2D eigenvalue weighted by Gasteiger charge is 2.32. The Labute approximate surface area is 123 Å². The van der Waals surface area contributed by atoms with E-state index in [1.165, 1.54) is 11.1 Å². The number of nitrogens with zero attached hydrogens (tertiary/aromatic N) is 1. The van der Waals surface area contributed by atoms with Crippen molar-refractivity contribution < 1.29 is 4.74 Å². The number of methoxy groups -OCH3 is 1. The average Bonchev–Trinajstić information content (AvgIpc) is 2.39. The number of hydrogen-bond acceptors (Lipinski definition) is 3. The molecule has 0 radical (unpaired) electrons. The van der Waals surface area contributed by atoms with Gasteiger partial charge in [-0.3, -0.25) is 4.90 Å². The van der Waals surface area contributed by atoms with Gasteiger partial charge < -0.3 is 10.1 Å². The predicted octanol–water partition coefficient (Wildman–Crippen LogP) is 3.00. The fourth-order valence-electron chi connectivity index (χ4n) is 3.27. The highest BCUT2D eigenvalue weighted by atomic mass is 16.5. The van der Waals surface area contributed by atoms with E-state index in [0.29, 0.717) is 6.04 Å². The maximum absolute atomic E-state index is 5.39. The molecule has 0 bridgehead atoms. The van der Waals surface area contributed by atoms with Gasteiger partial charge in [0.15, 0.2) is 0 Å². The highest BCUT2D eigenvalue weighted by molar-refractivity contribution is 5.38. The van der Waals surface area contributed by atoms with E-state index in [4.69, 9.17) is 4.74 Å². The maximum atomic E-state index is 5.39. The first-order valence-electron chi connectivity index (χ1n) is 7.53. The molecular formula is C17H28N2O. The van der Waals surface area contributed by atoms with Crippen LogP contribution in [-0.4, -0.2) is 38.2 Å². The standard InChI is InChI=1S/C17H28N2O/c1-13-12-14(6-7-15(13)20-5)16(17(2,3)4)19-10-8-18-9-11-19/h6-7,12,16,18H,8-11H2,1-5H3/t16-/m1/s1. The van der Waals surface area contributed by atoms with Crippen molar-refractivity contribution >= 4 is 0 Å². The van der Waals surface area contributed by atoms with Crippen LogP contribution >= 0.6 is 0 Å². The van der Waals surface area contributed by atoms with Gasteiger partial charge in [0.05, 0.1) is 7.11 Å². The van der Waals surface area contributed by atoms with Crippen molar-refractivity contribution in [3.63, 3.8) is 0 Å². The quantitative estimate of drug-likeness (QED) is 0.918. The number of rotatable bonds is 3. The zero-order valence-electron chi connectivity index (χ0n) is 13.5. The third-order valence-corrected chi connectivity index (χ3v) is 4.07. The zero-order chi connectivity index (χ0) is 14.8. The molecule has 0 unspecified atom stereocenters. The molecule has 1 aliphatic heterocycles. The van der Waals surface area contributed by atoms with Crippen molar-refractivity contribution in [2.24, 2.45) is 5.41 Å². The molecule has 1 atom stereocenters. The minimum atomic E-state index is 0.221. The van der Waals surface area contributed by atoms with Crippen LogP contribution in [0.15, 0.2) is 18.2 Å². The molecular weight excluding hydrogens is 248 g/mol. The molecule has 0 aromatic heterocycles. The largest absolute Gasteiger partial charge is 0.496 e. The van der Waals surface area contributed by atoms with Crippen molar-refractivity contribution in [3.05, 3.63) is 29.3 Å². The summed E-state index contributed by atoms with van der Waals surface area (Å²) in [6.07, 6.45) is 0. The maximum Gasteiger partial charge on any atom is 0.121 e. The van der Waals surface area contributed by atoms with Crippen LogP contribution in [-0.2, 0) is 0 Å². The Morgan fingerprint density at radius 3 is 2.35 bits per heavy atom. The van der Waals surface area contributed by atoms with Gasteiger partial charge in [-0.1, -0.05) is 32.9 Å². The summed E-state index contributed by atoms with van der Waals surface area (Å²) in [5.74, 6) is 0.974. The van der Waals surface area contributed by atoms with Gasteiger partial charge in [0.1, 0.15) is 5.75 Å². The summed E-state index contributed by atoms with van der Waals surface area (Å²) < 4.78 is 5.39. The normalized spacial score (nSPS) is 18.9. The molecule has 1 aliphatic rings. The van der Waals surface area contributed by atoms with Crippen LogP contribution in [0, 0.1) is 12.3 Å². The lowest BCUT2D eigenvalue weighted by atomic mass is 9.80. The van der Waals surface area contributed by atoms with Gasteiger partial charge >= 0.3 is 0 Å². The molecule has 3 heteroatoms. The number of hydrogen-bond donors (Lipinski definition) is 1. The summed E-state index contributed by atoms with van der Waals surface area (Å²) >= 11 is 0. The highest BCUT2D eigenvalue weighted by Crippen LogP contribution is 2.39. The second kappa shape index (κ2) is 6.15. The van der Waals surface area contributed by atoms with E-state index in [2.05, 4.69) is 56.1 Å². The third kappa shape index (κ3) is 3.33. The van der Waals surface area contributed by atoms with Crippen LogP contribution in [0.3, 0.4) is 0 Å². The van der Waals surface area contributed by atoms with Gasteiger partial charge in [0, 0.05) is 32.2 Å².